The molecule has 154 valence electrons. The predicted molar refractivity (Wildman–Crippen MR) is 118 cm³/mol. The Labute approximate surface area is 182 Å². The number of anilines is 2. The van der Waals surface area contributed by atoms with Crippen LogP contribution in [0.15, 0.2) is 58.9 Å². The van der Waals surface area contributed by atoms with Gasteiger partial charge in [-0.2, -0.15) is 0 Å². The monoisotopic (exact) mass is 440 g/mol. The van der Waals surface area contributed by atoms with E-state index in [4.69, 9.17) is 4.74 Å². The van der Waals surface area contributed by atoms with Crippen LogP contribution in [-0.2, 0) is 15.3 Å². The van der Waals surface area contributed by atoms with E-state index < -0.39 is 5.92 Å². The molecule has 0 saturated carbocycles. The topological polar surface area (TPSA) is 84.4 Å². The summed E-state index contributed by atoms with van der Waals surface area (Å²) in [4.78, 5) is 26.7. The molecule has 4 rings (SSSR count). The molecule has 2 aromatic carbocycles. The van der Waals surface area contributed by atoms with Crippen molar-refractivity contribution in [1.82, 2.24) is 10.2 Å². The smallest absolute Gasteiger partial charge is 0.231 e. The van der Waals surface area contributed by atoms with Crippen LogP contribution in [0.1, 0.15) is 12.0 Å². The van der Waals surface area contributed by atoms with Gasteiger partial charge in [-0.25, -0.2) is 0 Å². The van der Waals surface area contributed by atoms with Crippen molar-refractivity contribution in [2.24, 2.45) is 5.92 Å². The van der Waals surface area contributed by atoms with E-state index in [2.05, 4.69) is 27.6 Å². The molecule has 3 aromatic rings. The van der Waals surface area contributed by atoms with Crippen molar-refractivity contribution in [3.8, 4) is 5.75 Å². The van der Waals surface area contributed by atoms with E-state index in [1.165, 1.54) is 16.9 Å². The number of hydrogen-bond donors (Lipinski definition) is 1. The van der Waals surface area contributed by atoms with Crippen molar-refractivity contribution >= 4 is 45.7 Å². The first kappa shape index (κ1) is 20.4. The fourth-order valence-electron chi connectivity index (χ4n) is 3.14. The van der Waals surface area contributed by atoms with E-state index in [9.17, 15) is 9.59 Å². The van der Waals surface area contributed by atoms with E-state index in [0.717, 1.165) is 21.5 Å². The van der Waals surface area contributed by atoms with Crippen molar-refractivity contribution in [3.05, 3.63) is 60.2 Å². The third-order valence-corrected chi connectivity index (χ3v) is 6.76. The van der Waals surface area contributed by atoms with Gasteiger partial charge in [-0.3, -0.25) is 9.59 Å². The second-order valence-corrected chi connectivity index (χ2v) is 8.94. The van der Waals surface area contributed by atoms with Crippen LogP contribution >= 0.6 is 23.1 Å². The number of amides is 2. The number of methoxy groups -OCH3 is 1. The Morgan fingerprint density at radius 3 is 2.70 bits per heavy atom. The minimum atomic E-state index is -0.427. The third-order valence-electron chi connectivity index (χ3n) is 4.72. The summed E-state index contributed by atoms with van der Waals surface area (Å²) in [5.41, 5.74) is 1.96. The maximum atomic E-state index is 12.6. The second kappa shape index (κ2) is 9.27. The van der Waals surface area contributed by atoms with E-state index >= 15 is 0 Å². The van der Waals surface area contributed by atoms with Crippen molar-refractivity contribution in [2.45, 2.75) is 16.5 Å². The predicted octanol–water partition coefficient (Wildman–Crippen LogP) is 3.83. The average Bonchev–Trinajstić information content (AvgIpc) is 3.39. The fourth-order valence-corrected chi connectivity index (χ4v) is 4.85. The number of carbonyl (C=O) groups excluding carboxylic acids is 2. The van der Waals surface area contributed by atoms with Crippen LogP contribution in [0.3, 0.4) is 0 Å². The molecule has 0 spiro atoms. The molecular formula is C21H20N4O3S2. The zero-order valence-corrected chi connectivity index (χ0v) is 17.9. The highest BCUT2D eigenvalue weighted by atomic mass is 32.2. The van der Waals surface area contributed by atoms with Gasteiger partial charge in [0.25, 0.3) is 0 Å². The lowest BCUT2D eigenvalue weighted by Crippen LogP contribution is -2.28. The highest BCUT2D eigenvalue weighted by molar-refractivity contribution is 8.00. The van der Waals surface area contributed by atoms with Gasteiger partial charge in [-0.1, -0.05) is 53.4 Å². The number of ether oxygens (including phenoxy) is 1. The number of nitrogens with zero attached hydrogens (tertiary/aromatic N) is 3. The van der Waals surface area contributed by atoms with Gasteiger partial charge in [0.15, 0.2) is 4.34 Å². The highest BCUT2D eigenvalue weighted by Crippen LogP contribution is 2.30. The van der Waals surface area contributed by atoms with Crippen molar-refractivity contribution in [3.63, 3.8) is 0 Å². The first-order chi connectivity index (χ1) is 14.6. The summed E-state index contributed by atoms with van der Waals surface area (Å²) in [5, 5.41) is 11.4. The summed E-state index contributed by atoms with van der Waals surface area (Å²) in [6.07, 6.45) is 0.173. The molecule has 1 unspecified atom stereocenters. The van der Waals surface area contributed by atoms with Crippen molar-refractivity contribution in [1.29, 1.82) is 0 Å². The molecule has 0 aliphatic carbocycles. The standard InChI is InChI=1S/C21H20N4O3S2/c1-28-17-9-7-16(8-10-17)25-12-15(11-18(25)26)19(27)22-20-23-24-21(30-20)29-13-14-5-3-2-4-6-14/h2-10,15H,11-13H2,1H3,(H,22,23,27). The first-order valence-corrected chi connectivity index (χ1v) is 11.2. The van der Waals surface area contributed by atoms with E-state index in [-0.39, 0.29) is 18.2 Å². The van der Waals surface area contributed by atoms with Gasteiger partial charge >= 0.3 is 0 Å². The number of hydrogen-bond acceptors (Lipinski definition) is 7. The summed E-state index contributed by atoms with van der Waals surface area (Å²) in [5.74, 6) is 0.796. The van der Waals surface area contributed by atoms with Crippen LogP contribution < -0.4 is 15.0 Å². The van der Waals surface area contributed by atoms with Gasteiger partial charge < -0.3 is 15.0 Å². The lowest BCUT2D eigenvalue weighted by Gasteiger charge is -2.16. The molecule has 1 fully saturated rings. The number of nitrogens with one attached hydrogen (secondary N) is 1. The molecule has 1 atom stereocenters. The van der Waals surface area contributed by atoms with Crippen LogP contribution in [0.25, 0.3) is 0 Å². The highest BCUT2D eigenvalue weighted by Gasteiger charge is 2.35. The molecule has 2 heterocycles. The quantitative estimate of drug-likeness (QED) is 0.444. The summed E-state index contributed by atoms with van der Waals surface area (Å²) < 4.78 is 5.94. The Bertz CT molecular complexity index is 1020. The molecule has 1 aliphatic heterocycles. The SMILES string of the molecule is COc1ccc(N2CC(C(=O)Nc3nnc(SCc4ccccc4)s3)CC2=O)cc1. The van der Waals surface area contributed by atoms with Crippen molar-refractivity contribution in [2.75, 3.05) is 23.9 Å². The van der Waals surface area contributed by atoms with Crippen LogP contribution in [0.5, 0.6) is 5.75 Å². The zero-order valence-electron chi connectivity index (χ0n) is 16.3. The zero-order chi connectivity index (χ0) is 20.9. The Kier molecular flexibility index (Phi) is 6.29. The lowest BCUT2D eigenvalue weighted by molar-refractivity contribution is -0.122. The van der Waals surface area contributed by atoms with E-state index in [1.807, 2.05) is 30.3 Å². The maximum Gasteiger partial charge on any atom is 0.231 e. The second-order valence-electron chi connectivity index (χ2n) is 6.74. The molecule has 9 heteroatoms. The molecule has 2 amide bonds. The molecule has 1 saturated heterocycles. The molecule has 0 bridgehead atoms. The van der Waals surface area contributed by atoms with Crippen LogP contribution in [0, 0.1) is 5.92 Å². The Morgan fingerprint density at radius 2 is 1.97 bits per heavy atom. The molecule has 0 radical (unpaired) electrons. The first-order valence-electron chi connectivity index (χ1n) is 9.38. The van der Waals surface area contributed by atoms with Crippen LogP contribution in [-0.4, -0.2) is 35.7 Å². The minimum Gasteiger partial charge on any atom is -0.497 e. The van der Waals surface area contributed by atoms with Gasteiger partial charge in [0.1, 0.15) is 5.75 Å². The molecule has 1 aliphatic rings. The molecule has 1 aromatic heterocycles. The Hall–Kier alpha value is -2.91. The summed E-state index contributed by atoms with van der Waals surface area (Å²) in [6.45, 7) is 0.339. The van der Waals surface area contributed by atoms with Crippen LogP contribution in [0.2, 0.25) is 0 Å². The van der Waals surface area contributed by atoms with Gasteiger partial charge in [0.05, 0.1) is 13.0 Å². The van der Waals surface area contributed by atoms with Gasteiger partial charge in [-0.05, 0) is 29.8 Å². The fraction of sp³-hybridized carbons (Fsp3) is 0.238. The molecular weight excluding hydrogens is 420 g/mol. The maximum absolute atomic E-state index is 12.6. The summed E-state index contributed by atoms with van der Waals surface area (Å²) >= 11 is 2.91. The third kappa shape index (κ3) is 4.80. The van der Waals surface area contributed by atoms with Crippen molar-refractivity contribution < 1.29 is 14.3 Å². The van der Waals surface area contributed by atoms with E-state index in [1.54, 1.807) is 35.9 Å². The van der Waals surface area contributed by atoms with Gasteiger partial charge in [0, 0.05) is 24.4 Å². The lowest BCUT2D eigenvalue weighted by atomic mass is 10.1. The minimum absolute atomic E-state index is 0.0725. The number of benzene rings is 2. The average molecular weight is 441 g/mol. The summed E-state index contributed by atoms with van der Waals surface area (Å²) in [6, 6.07) is 17.3. The number of aromatic nitrogens is 2. The van der Waals surface area contributed by atoms with E-state index in [0.29, 0.717) is 11.7 Å². The number of carbonyl (C=O) groups is 2. The molecule has 1 N–H and O–H groups in total. The number of rotatable bonds is 7. The normalized spacial score (nSPS) is 16.0. The van der Waals surface area contributed by atoms with Gasteiger partial charge in [0.2, 0.25) is 16.9 Å². The van der Waals surface area contributed by atoms with Gasteiger partial charge in [-0.15, -0.1) is 10.2 Å². The largest absolute Gasteiger partial charge is 0.497 e. The Morgan fingerprint density at radius 1 is 1.20 bits per heavy atom. The summed E-state index contributed by atoms with van der Waals surface area (Å²) in [7, 11) is 1.59. The van der Waals surface area contributed by atoms with Crippen LogP contribution in [0.4, 0.5) is 10.8 Å². The Balaban J connectivity index is 1.33. The molecule has 7 nitrogen and oxygen atoms in total. The number of thioether (sulfide) groups is 1. The molecule has 30 heavy (non-hydrogen) atoms.